The summed E-state index contributed by atoms with van der Waals surface area (Å²) < 4.78 is 0. The molecule has 0 unspecified atom stereocenters. The van der Waals surface area contributed by atoms with Crippen molar-refractivity contribution in [1.82, 2.24) is 0 Å². The van der Waals surface area contributed by atoms with Gasteiger partial charge in [-0.15, -0.1) is 0 Å². The van der Waals surface area contributed by atoms with E-state index in [0.29, 0.717) is 16.8 Å². The molecule has 4 N–H and O–H groups in total. The molecule has 0 saturated carbocycles. The molecule has 0 radical (unpaired) electrons. The maximum absolute atomic E-state index is 10.4. The van der Waals surface area contributed by atoms with E-state index in [9.17, 15) is 4.79 Å². The Kier molecular flexibility index (Phi) is 3.32. The van der Waals surface area contributed by atoms with Crippen molar-refractivity contribution in [2.75, 3.05) is 5.73 Å². The number of carbonyl (C=O) groups excluding carboxylic acids is 1. The van der Waals surface area contributed by atoms with E-state index in [-0.39, 0.29) is 6.42 Å². The van der Waals surface area contributed by atoms with Crippen LogP contribution < -0.4 is 11.5 Å². The second-order valence-corrected chi connectivity index (χ2v) is 2.86. The van der Waals surface area contributed by atoms with E-state index in [0.717, 1.165) is 0 Å². The quantitative estimate of drug-likeness (QED) is 0.505. The van der Waals surface area contributed by atoms with Gasteiger partial charge in [-0.3, -0.25) is 4.79 Å². The summed E-state index contributed by atoms with van der Waals surface area (Å²) in [6.07, 6.45) is -0.0186. The van der Waals surface area contributed by atoms with Crippen molar-refractivity contribution < 1.29 is 4.79 Å². The van der Waals surface area contributed by atoms with E-state index < -0.39 is 5.91 Å². The molecule has 1 aromatic carbocycles. The largest absolute Gasteiger partial charge is 0.399 e. The van der Waals surface area contributed by atoms with E-state index in [1.165, 1.54) is 6.07 Å². The molecule has 74 valence electrons. The summed E-state index contributed by atoms with van der Waals surface area (Å²) in [5.41, 5.74) is 11.9. The Morgan fingerprint density at radius 2 is 2.13 bits per heavy atom. The van der Waals surface area contributed by atoms with Crippen LogP contribution in [0.5, 0.6) is 0 Å². The summed E-state index contributed by atoms with van der Waals surface area (Å²) in [4.78, 5) is 10.4. The summed E-state index contributed by atoms with van der Waals surface area (Å²) in [7, 11) is 0. The molecule has 0 aliphatic rings. The average Bonchev–Trinajstić information content (AvgIpc) is 2.19. The Labute approximate surface area is 87.5 Å². The highest BCUT2D eigenvalue weighted by atomic mass is 16.1. The number of nitriles is 1. The smallest absolute Gasteiger partial charge is 0.229 e. The Balaban J connectivity index is 2.99. The van der Waals surface area contributed by atoms with Crippen LogP contribution in [0.3, 0.4) is 0 Å². The fraction of sp³-hybridized carbons (Fsp3) is 0.0909. The van der Waals surface area contributed by atoms with Crippen molar-refractivity contribution in [2.24, 2.45) is 5.73 Å². The number of nitrogen functional groups attached to an aromatic ring is 1. The van der Waals surface area contributed by atoms with Gasteiger partial charge in [-0.2, -0.15) is 5.26 Å². The number of primary amides is 1. The molecule has 1 amide bonds. The molecule has 0 heterocycles. The van der Waals surface area contributed by atoms with Crippen molar-refractivity contribution in [3.05, 3.63) is 29.3 Å². The monoisotopic (exact) mass is 199 g/mol. The molecule has 1 rings (SSSR count). The first-order valence-electron chi connectivity index (χ1n) is 4.20. The van der Waals surface area contributed by atoms with Crippen LogP contribution in [0.2, 0.25) is 0 Å². The second kappa shape index (κ2) is 4.69. The number of nitrogens with zero attached hydrogens (tertiary/aromatic N) is 1. The lowest BCUT2D eigenvalue weighted by molar-refractivity contribution is -0.117. The summed E-state index contributed by atoms with van der Waals surface area (Å²) in [5.74, 6) is 4.78. The zero-order valence-corrected chi connectivity index (χ0v) is 7.95. The van der Waals surface area contributed by atoms with Crippen LogP contribution in [0, 0.1) is 23.2 Å². The molecule has 0 saturated heterocycles. The fourth-order valence-corrected chi connectivity index (χ4v) is 0.990. The van der Waals surface area contributed by atoms with Gasteiger partial charge in [0.25, 0.3) is 0 Å². The minimum absolute atomic E-state index is 0.0186. The number of hydrogen-bond donors (Lipinski definition) is 2. The highest BCUT2D eigenvalue weighted by molar-refractivity contribution is 5.76. The Morgan fingerprint density at radius 3 is 2.73 bits per heavy atom. The number of rotatable bonds is 1. The summed E-state index contributed by atoms with van der Waals surface area (Å²) in [5, 5.41) is 8.79. The van der Waals surface area contributed by atoms with Crippen LogP contribution in [0.15, 0.2) is 18.2 Å². The van der Waals surface area contributed by atoms with Crippen molar-refractivity contribution in [3.8, 4) is 17.9 Å². The van der Waals surface area contributed by atoms with Crippen molar-refractivity contribution in [1.29, 1.82) is 5.26 Å². The number of amides is 1. The first-order valence-corrected chi connectivity index (χ1v) is 4.20. The lowest BCUT2D eigenvalue weighted by Crippen LogP contribution is -2.08. The van der Waals surface area contributed by atoms with Gasteiger partial charge in [-0.1, -0.05) is 11.8 Å². The van der Waals surface area contributed by atoms with E-state index >= 15 is 0 Å². The topological polar surface area (TPSA) is 92.9 Å². The summed E-state index contributed by atoms with van der Waals surface area (Å²) in [6, 6.07) is 6.80. The standard InChI is InChI=1S/C11H9N3O/c12-7-9-6-10(13)5-4-8(9)2-1-3-11(14)15/h4-6H,3,13H2,(H2,14,15). The zero-order chi connectivity index (χ0) is 11.3. The molecule has 0 aliphatic carbocycles. The SMILES string of the molecule is N#Cc1cc(N)ccc1C#CCC(N)=O. The molecule has 0 fully saturated rings. The number of hydrogen-bond acceptors (Lipinski definition) is 3. The predicted octanol–water partition coefficient (Wildman–Crippen LogP) is 0.367. The Morgan fingerprint density at radius 1 is 1.40 bits per heavy atom. The number of carbonyl (C=O) groups is 1. The minimum atomic E-state index is -0.489. The normalized spacial score (nSPS) is 8.47. The number of anilines is 1. The van der Waals surface area contributed by atoms with Gasteiger partial charge in [-0.05, 0) is 18.2 Å². The minimum Gasteiger partial charge on any atom is -0.399 e. The number of nitrogens with two attached hydrogens (primary N) is 2. The highest BCUT2D eigenvalue weighted by Crippen LogP contribution is 2.11. The van der Waals surface area contributed by atoms with Gasteiger partial charge in [0.1, 0.15) is 6.07 Å². The third-order valence-corrected chi connectivity index (χ3v) is 1.65. The van der Waals surface area contributed by atoms with E-state index in [1.807, 2.05) is 6.07 Å². The molecule has 15 heavy (non-hydrogen) atoms. The molecule has 4 nitrogen and oxygen atoms in total. The third-order valence-electron chi connectivity index (χ3n) is 1.65. The Hall–Kier alpha value is -2.46. The lowest BCUT2D eigenvalue weighted by atomic mass is 10.1. The van der Waals surface area contributed by atoms with Crippen LogP contribution in [0.1, 0.15) is 17.5 Å². The van der Waals surface area contributed by atoms with Crippen LogP contribution in [-0.4, -0.2) is 5.91 Å². The van der Waals surface area contributed by atoms with Gasteiger partial charge in [0, 0.05) is 11.3 Å². The van der Waals surface area contributed by atoms with E-state index in [2.05, 4.69) is 11.8 Å². The highest BCUT2D eigenvalue weighted by Gasteiger charge is 1.98. The van der Waals surface area contributed by atoms with E-state index in [4.69, 9.17) is 16.7 Å². The Bertz CT molecular complexity index is 489. The molecule has 1 aromatic rings. The molecule has 0 aliphatic heterocycles. The first kappa shape index (κ1) is 10.6. The third kappa shape index (κ3) is 3.06. The zero-order valence-electron chi connectivity index (χ0n) is 7.95. The molecule has 4 heteroatoms. The first-order chi connectivity index (χ1) is 7.13. The summed E-state index contributed by atoms with van der Waals surface area (Å²) >= 11 is 0. The summed E-state index contributed by atoms with van der Waals surface area (Å²) in [6.45, 7) is 0. The molecular formula is C11H9N3O. The van der Waals surface area contributed by atoms with Gasteiger partial charge < -0.3 is 11.5 Å². The maximum atomic E-state index is 10.4. The number of benzene rings is 1. The van der Waals surface area contributed by atoms with Gasteiger partial charge in [-0.25, -0.2) is 0 Å². The molecule has 0 spiro atoms. The van der Waals surface area contributed by atoms with Gasteiger partial charge in [0.15, 0.2) is 0 Å². The molecule has 0 bridgehead atoms. The van der Waals surface area contributed by atoms with Crippen LogP contribution in [0.4, 0.5) is 5.69 Å². The van der Waals surface area contributed by atoms with Crippen molar-refractivity contribution >= 4 is 11.6 Å². The second-order valence-electron chi connectivity index (χ2n) is 2.86. The maximum Gasteiger partial charge on any atom is 0.229 e. The average molecular weight is 199 g/mol. The van der Waals surface area contributed by atoms with Gasteiger partial charge >= 0.3 is 0 Å². The predicted molar refractivity (Wildman–Crippen MR) is 56.3 cm³/mol. The van der Waals surface area contributed by atoms with Gasteiger partial charge in [0.2, 0.25) is 5.91 Å². The van der Waals surface area contributed by atoms with Crippen molar-refractivity contribution in [3.63, 3.8) is 0 Å². The lowest BCUT2D eigenvalue weighted by Gasteiger charge is -1.96. The van der Waals surface area contributed by atoms with Crippen LogP contribution in [0.25, 0.3) is 0 Å². The van der Waals surface area contributed by atoms with Crippen molar-refractivity contribution in [2.45, 2.75) is 6.42 Å². The molecule has 0 atom stereocenters. The molecule has 0 aromatic heterocycles. The van der Waals surface area contributed by atoms with Crippen LogP contribution in [-0.2, 0) is 4.79 Å². The van der Waals surface area contributed by atoms with E-state index in [1.54, 1.807) is 12.1 Å². The van der Waals surface area contributed by atoms with Gasteiger partial charge in [0.05, 0.1) is 12.0 Å². The fourth-order valence-electron chi connectivity index (χ4n) is 0.990. The van der Waals surface area contributed by atoms with Crippen LogP contribution >= 0.6 is 0 Å². The molecular weight excluding hydrogens is 190 g/mol.